The Labute approximate surface area is 143 Å². The van der Waals surface area contributed by atoms with Crippen LogP contribution in [0.3, 0.4) is 0 Å². The number of halogens is 1. The van der Waals surface area contributed by atoms with Gasteiger partial charge in [0.25, 0.3) is 15.9 Å². The lowest BCUT2D eigenvalue weighted by molar-refractivity contribution is -0.922. The summed E-state index contributed by atoms with van der Waals surface area (Å²) in [5.41, 5.74) is 0.292. The van der Waals surface area contributed by atoms with Gasteiger partial charge in [-0.15, -0.1) is 0 Å². The Morgan fingerprint density at radius 2 is 1.59 bits per heavy atom. The van der Waals surface area contributed by atoms with Crippen LogP contribution < -0.4 is 17.0 Å². The Morgan fingerprint density at radius 1 is 1.05 bits per heavy atom. The van der Waals surface area contributed by atoms with Crippen LogP contribution >= 0.6 is 0 Å². The van der Waals surface area contributed by atoms with Gasteiger partial charge in [-0.1, -0.05) is 12.1 Å². The Balaban J connectivity index is 0.00000242. The molecule has 0 spiro atoms. The molecule has 22 heavy (non-hydrogen) atoms. The van der Waals surface area contributed by atoms with Gasteiger partial charge in [0, 0.05) is 0 Å². The van der Waals surface area contributed by atoms with E-state index in [1.54, 1.807) is 18.2 Å². The van der Waals surface area contributed by atoms with Gasteiger partial charge in [0.15, 0.2) is 0 Å². The molecule has 0 bridgehead atoms. The van der Waals surface area contributed by atoms with E-state index in [1.165, 1.54) is 6.07 Å². The van der Waals surface area contributed by atoms with Gasteiger partial charge in [0.2, 0.25) is 0 Å². The first-order chi connectivity index (χ1) is 9.91. The van der Waals surface area contributed by atoms with E-state index >= 15 is 0 Å². The number of nitrogens with zero attached hydrogens (tertiary/aromatic N) is 2. The van der Waals surface area contributed by atoms with Crippen molar-refractivity contribution in [3.63, 3.8) is 0 Å². The van der Waals surface area contributed by atoms with Crippen LogP contribution in [0.5, 0.6) is 0 Å². The molecule has 0 unspecified atom stereocenters. The maximum Gasteiger partial charge on any atom is 0.269 e. The smallest absolute Gasteiger partial charge is 0.269 e. The molecule has 0 saturated carbocycles. The van der Waals surface area contributed by atoms with Gasteiger partial charge in [0.05, 0.1) is 38.3 Å². The average molecular weight is 391 g/mol. The molecule has 1 amide bonds. The van der Waals surface area contributed by atoms with Gasteiger partial charge < -0.3 is 21.5 Å². The number of hydrogen-bond donors (Lipinski definition) is 0. The zero-order valence-corrected chi connectivity index (χ0v) is 15.7. The van der Waals surface area contributed by atoms with E-state index < -0.39 is 15.9 Å². The highest BCUT2D eigenvalue weighted by Gasteiger charge is 2.41. The normalized spacial score (nSPS) is 16.3. The number of carbonyl (C=O) groups is 1. The van der Waals surface area contributed by atoms with Crippen LogP contribution in [-0.4, -0.2) is 55.8 Å². The third kappa shape index (κ3) is 3.07. The third-order valence-electron chi connectivity index (χ3n) is 4.70. The molecule has 0 fully saturated rings. The number of likely N-dealkylation sites (N-methyl/N-ethyl adjacent to an activating group) is 1. The van der Waals surface area contributed by atoms with Crippen molar-refractivity contribution >= 4 is 15.9 Å². The minimum absolute atomic E-state index is 0. The minimum Gasteiger partial charge on any atom is -1.00 e. The van der Waals surface area contributed by atoms with E-state index in [9.17, 15) is 13.2 Å². The summed E-state index contributed by atoms with van der Waals surface area (Å²) < 4.78 is 26.8. The minimum atomic E-state index is -3.67. The summed E-state index contributed by atoms with van der Waals surface area (Å²) >= 11 is 0. The molecule has 2 rings (SSSR count). The Bertz CT molecular complexity index is 634. The Kier molecular flexibility index (Phi) is 6.18. The van der Waals surface area contributed by atoms with E-state index in [0.29, 0.717) is 12.1 Å². The summed E-state index contributed by atoms with van der Waals surface area (Å²) in [6.45, 7) is 9.99. The molecule has 1 aromatic carbocycles. The molecule has 0 aromatic heterocycles. The average Bonchev–Trinajstić information content (AvgIpc) is 2.70. The van der Waals surface area contributed by atoms with Crippen molar-refractivity contribution < 1.29 is 34.7 Å². The van der Waals surface area contributed by atoms with E-state index in [-0.39, 0.29) is 28.4 Å². The van der Waals surface area contributed by atoms with Gasteiger partial charge in [0.1, 0.15) is 4.90 Å². The Morgan fingerprint density at radius 3 is 2.09 bits per heavy atom. The highest BCUT2D eigenvalue weighted by Crippen LogP contribution is 2.29. The lowest BCUT2D eigenvalue weighted by atomic mass is 10.2. The van der Waals surface area contributed by atoms with Crippen molar-refractivity contribution in [2.45, 2.75) is 25.7 Å². The van der Waals surface area contributed by atoms with Gasteiger partial charge in [-0.25, -0.2) is 12.7 Å². The number of carbonyl (C=O) groups excluding carboxylic acids is 1. The standard InChI is InChI=1S/C15H23N2O3S.BrH/c1-4-17(5-2,6-3)12-11-16-15(18)13-9-7-8-10-14(13)21(16,19)20;/h7-10H,4-6,11-12H2,1-3H3;1H/q+1;/p-1. The zero-order valence-electron chi connectivity index (χ0n) is 13.3. The predicted molar refractivity (Wildman–Crippen MR) is 81.4 cm³/mol. The number of fused-ring (bicyclic) bond motifs is 1. The zero-order chi connectivity index (χ0) is 15.7. The van der Waals surface area contributed by atoms with Crippen LogP contribution in [0.4, 0.5) is 0 Å². The first-order valence-electron chi connectivity index (χ1n) is 7.43. The second-order valence-corrected chi connectivity index (χ2v) is 7.22. The molecule has 124 valence electrons. The summed E-state index contributed by atoms with van der Waals surface area (Å²) in [4.78, 5) is 12.5. The molecule has 0 saturated heterocycles. The molecule has 1 aromatic rings. The summed E-state index contributed by atoms with van der Waals surface area (Å²) in [7, 11) is -3.67. The molecular weight excluding hydrogens is 368 g/mol. The van der Waals surface area contributed by atoms with Crippen LogP contribution in [-0.2, 0) is 10.0 Å². The van der Waals surface area contributed by atoms with Gasteiger partial charge in [-0.2, -0.15) is 0 Å². The van der Waals surface area contributed by atoms with Crippen molar-refractivity contribution in [1.29, 1.82) is 0 Å². The van der Waals surface area contributed by atoms with E-state index in [0.717, 1.165) is 28.4 Å². The molecule has 1 aliphatic rings. The molecule has 5 nitrogen and oxygen atoms in total. The summed E-state index contributed by atoms with van der Waals surface area (Å²) in [6, 6.07) is 6.43. The highest BCUT2D eigenvalue weighted by atomic mass is 79.9. The Hall–Kier alpha value is -0.920. The van der Waals surface area contributed by atoms with Crippen molar-refractivity contribution in [2.75, 3.05) is 32.7 Å². The second kappa shape index (κ2) is 7.10. The van der Waals surface area contributed by atoms with E-state index in [2.05, 4.69) is 20.8 Å². The quantitative estimate of drug-likeness (QED) is 0.568. The van der Waals surface area contributed by atoms with Crippen molar-refractivity contribution in [2.24, 2.45) is 0 Å². The van der Waals surface area contributed by atoms with Crippen LogP contribution in [0.2, 0.25) is 0 Å². The second-order valence-electron chi connectivity index (χ2n) is 5.39. The number of sulfonamides is 1. The van der Waals surface area contributed by atoms with Crippen LogP contribution in [0, 0.1) is 0 Å². The molecule has 0 aliphatic carbocycles. The van der Waals surface area contributed by atoms with Crippen LogP contribution in [0.15, 0.2) is 29.2 Å². The third-order valence-corrected chi connectivity index (χ3v) is 6.54. The van der Waals surface area contributed by atoms with Gasteiger partial charge in [-0.3, -0.25) is 4.79 Å². The fraction of sp³-hybridized carbons (Fsp3) is 0.533. The predicted octanol–water partition coefficient (Wildman–Crippen LogP) is -1.29. The SMILES string of the molecule is CC[N+](CC)(CC)CCN1C(=O)c2ccccc2S1(=O)=O.[Br-]. The molecule has 1 heterocycles. The largest absolute Gasteiger partial charge is 1.00 e. The monoisotopic (exact) mass is 390 g/mol. The van der Waals surface area contributed by atoms with Crippen molar-refractivity contribution in [3.8, 4) is 0 Å². The molecule has 7 heteroatoms. The first-order valence-corrected chi connectivity index (χ1v) is 8.87. The van der Waals surface area contributed by atoms with Gasteiger partial charge >= 0.3 is 0 Å². The lowest BCUT2D eigenvalue weighted by Crippen LogP contribution is -3.00. The fourth-order valence-electron chi connectivity index (χ4n) is 2.90. The number of rotatable bonds is 6. The maximum atomic E-state index is 12.5. The maximum absolute atomic E-state index is 12.5. The summed E-state index contributed by atoms with van der Waals surface area (Å²) in [5, 5.41) is 0. The number of amides is 1. The fourth-order valence-corrected chi connectivity index (χ4v) is 4.46. The molecule has 1 aliphatic heterocycles. The molecular formula is C15H23BrN2O3S. The van der Waals surface area contributed by atoms with Crippen molar-refractivity contribution in [1.82, 2.24) is 4.31 Å². The first kappa shape index (κ1) is 19.1. The van der Waals surface area contributed by atoms with E-state index in [4.69, 9.17) is 0 Å². The van der Waals surface area contributed by atoms with Crippen molar-refractivity contribution in [3.05, 3.63) is 29.8 Å². The van der Waals surface area contributed by atoms with Gasteiger partial charge in [-0.05, 0) is 32.9 Å². The van der Waals surface area contributed by atoms with Crippen LogP contribution in [0.25, 0.3) is 0 Å². The molecule has 0 N–H and O–H groups in total. The molecule has 0 radical (unpaired) electrons. The number of quaternary nitrogens is 1. The molecule has 0 atom stereocenters. The number of benzene rings is 1. The number of hydrogen-bond acceptors (Lipinski definition) is 3. The topological polar surface area (TPSA) is 54.5 Å². The lowest BCUT2D eigenvalue weighted by Gasteiger charge is -2.36. The highest BCUT2D eigenvalue weighted by molar-refractivity contribution is 7.90. The summed E-state index contributed by atoms with van der Waals surface area (Å²) in [6.07, 6.45) is 0. The summed E-state index contributed by atoms with van der Waals surface area (Å²) in [5.74, 6) is -0.396. The van der Waals surface area contributed by atoms with E-state index in [1.807, 2.05) is 0 Å². The van der Waals surface area contributed by atoms with Crippen LogP contribution in [0.1, 0.15) is 31.1 Å².